The fourth-order valence-corrected chi connectivity index (χ4v) is 4.26. The molecule has 0 fully saturated rings. The molecule has 1 unspecified atom stereocenters. The predicted octanol–water partition coefficient (Wildman–Crippen LogP) is 5.98. The summed E-state index contributed by atoms with van der Waals surface area (Å²) in [4.78, 5) is 1.36. The van der Waals surface area contributed by atoms with Gasteiger partial charge in [-0.05, 0) is 71.6 Å². The van der Waals surface area contributed by atoms with Crippen molar-refractivity contribution in [1.29, 1.82) is 0 Å². The molecule has 20 heavy (non-hydrogen) atoms. The predicted molar refractivity (Wildman–Crippen MR) is 95.8 cm³/mol. The highest BCUT2D eigenvalue weighted by molar-refractivity contribution is 9.11. The molecule has 0 saturated carbocycles. The molecule has 1 aromatic carbocycles. The van der Waals surface area contributed by atoms with E-state index in [1.807, 2.05) is 11.3 Å². The van der Waals surface area contributed by atoms with Crippen molar-refractivity contribution < 1.29 is 0 Å². The number of benzene rings is 1. The average Bonchev–Trinajstić information content (AvgIpc) is 2.74. The molecule has 0 aliphatic carbocycles. The van der Waals surface area contributed by atoms with Crippen LogP contribution in [-0.2, 0) is 0 Å². The van der Waals surface area contributed by atoms with E-state index < -0.39 is 0 Å². The van der Waals surface area contributed by atoms with Crippen molar-refractivity contribution in [2.45, 2.75) is 33.2 Å². The Hall–Kier alpha value is -0.160. The monoisotopic (exact) mass is 415 g/mol. The summed E-state index contributed by atoms with van der Waals surface area (Å²) in [6, 6.07) is 8.98. The van der Waals surface area contributed by atoms with E-state index in [0.717, 1.165) is 13.0 Å². The van der Waals surface area contributed by atoms with Crippen molar-refractivity contribution in [2.24, 2.45) is 0 Å². The molecule has 2 aromatic rings. The first kappa shape index (κ1) is 16.2. The Kier molecular flexibility index (Phi) is 5.84. The normalized spacial score (nSPS) is 12.7. The van der Waals surface area contributed by atoms with Crippen LogP contribution in [-0.4, -0.2) is 6.54 Å². The summed E-state index contributed by atoms with van der Waals surface area (Å²) in [5, 5.41) is 3.68. The molecule has 0 radical (unpaired) electrons. The number of halogens is 2. The van der Waals surface area contributed by atoms with Gasteiger partial charge in [0.25, 0.3) is 0 Å². The molecule has 1 aromatic heterocycles. The van der Waals surface area contributed by atoms with Crippen LogP contribution in [0.25, 0.3) is 0 Å². The highest BCUT2D eigenvalue weighted by Crippen LogP contribution is 2.36. The zero-order valence-electron chi connectivity index (χ0n) is 12.0. The van der Waals surface area contributed by atoms with Gasteiger partial charge in [0.2, 0.25) is 0 Å². The van der Waals surface area contributed by atoms with E-state index in [-0.39, 0.29) is 6.04 Å². The SMILES string of the molecule is CCCNC(c1cc(C)c(Br)s1)c1cccc(Br)c1C. The molecule has 1 atom stereocenters. The van der Waals surface area contributed by atoms with Gasteiger partial charge in [-0.1, -0.05) is 35.0 Å². The lowest BCUT2D eigenvalue weighted by atomic mass is 9.99. The second-order valence-corrected chi connectivity index (χ2v) is 8.20. The van der Waals surface area contributed by atoms with Crippen molar-refractivity contribution in [3.63, 3.8) is 0 Å². The molecule has 2 rings (SSSR count). The van der Waals surface area contributed by atoms with Crippen LogP contribution in [0.2, 0.25) is 0 Å². The van der Waals surface area contributed by atoms with Crippen LogP contribution in [0.15, 0.2) is 32.5 Å². The molecule has 0 amide bonds. The highest BCUT2D eigenvalue weighted by atomic mass is 79.9. The van der Waals surface area contributed by atoms with E-state index in [4.69, 9.17) is 0 Å². The largest absolute Gasteiger partial charge is 0.306 e. The van der Waals surface area contributed by atoms with Crippen molar-refractivity contribution >= 4 is 43.2 Å². The Morgan fingerprint density at radius 2 is 2.00 bits per heavy atom. The minimum Gasteiger partial charge on any atom is -0.306 e. The number of aryl methyl sites for hydroxylation is 1. The van der Waals surface area contributed by atoms with Crippen LogP contribution in [0, 0.1) is 13.8 Å². The van der Waals surface area contributed by atoms with E-state index in [0.29, 0.717) is 0 Å². The Balaban J connectivity index is 2.44. The summed E-state index contributed by atoms with van der Waals surface area (Å²) in [6.45, 7) is 7.54. The summed E-state index contributed by atoms with van der Waals surface area (Å²) in [5.41, 5.74) is 3.96. The van der Waals surface area contributed by atoms with Crippen molar-refractivity contribution in [2.75, 3.05) is 6.54 Å². The molecular formula is C16H19Br2NS. The molecule has 4 heteroatoms. The third-order valence-corrected chi connectivity index (χ3v) is 6.44. The molecule has 0 aliphatic rings. The van der Waals surface area contributed by atoms with Gasteiger partial charge < -0.3 is 5.32 Å². The Labute approximate surface area is 142 Å². The lowest BCUT2D eigenvalue weighted by Crippen LogP contribution is -2.23. The quantitative estimate of drug-likeness (QED) is 0.632. The van der Waals surface area contributed by atoms with Crippen LogP contribution in [0.5, 0.6) is 0 Å². The maximum Gasteiger partial charge on any atom is 0.0731 e. The van der Waals surface area contributed by atoms with Gasteiger partial charge in [-0.2, -0.15) is 0 Å². The summed E-state index contributed by atoms with van der Waals surface area (Å²) in [5.74, 6) is 0. The van der Waals surface area contributed by atoms with Crippen LogP contribution in [0.3, 0.4) is 0 Å². The van der Waals surface area contributed by atoms with Gasteiger partial charge in [-0.3, -0.25) is 0 Å². The third kappa shape index (κ3) is 3.53. The van der Waals surface area contributed by atoms with E-state index in [2.05, 4.69) is 82.2 Å². The molecule has 1 nitrogen and oxygen atoms in total. The number of thiophene rings is 1. The van der Waals surface area contributed by atoms with Crippen LogP contribution >= 0.6 is 43.2 Å². The first-order valence-electron chi connectivity index (χ1n) is 6.78. The minimum atomic E-state index is 0.266. The van der Waals surface area contributed by atoms with Gasteiger partial charge in [0.15, 0.2) is 0 Å². The van der Waals surface area contributed by atoms with Crippen LogP contribution in [0.4, 0.5) is 0 Å². The molecule has 0 spiro atoms. The zero-order valence-corrected chi connectivity index (χ0v) is 16.0. The zero-order chi connectivity index (χ0) is 14.7. The fourth-order valence-electron chi connectivity index (χ4n) is 2.22. The molecule has 0 aliphatic heterocycles. The lowest BCUT2D eigenvalue weighted by molar-refractivity contribution is 0.603. The number of hydrogen-bond donors (Lipinski definition) is 1. The molecule has 1 N–H and O–H groups in total. The number of rotatable bonds is 5. The maximum absolute atomic E-state index is 3.68. The van der Waals surface area contributed by atoms with E-state index in [1.54, 1.807) is 0 Å². The van der Waals surface area contributed by atoms with Crippen molar-refractivity contribution in [3.05, 3.63) is 54.1 Å². The average molecular weight is 417 g/mol. The second-order valence-electron chi connectivity index (χ2n) is 4.95. The first-order chi connectivity index (χ1) is 9.54. The van der Waals surface area contributed by atoms with Gasteiger partial charge in [0, 0.05) is 9.35 Å². The summed E-state index contributed by atoms with van der Waals surface area (Å²) in [6.07, 6.45) is 1.13. The van der Waals surface area contributed by atoms with Gasteiger partial charge in [-0.25, -0.2) is 0 Å². The van der Waals surface area contributed by atoms with E-state index in [1.165, 1.54) is 29.8 Å². The maximum atomic E-state index is 3.68. The summed E-state index contributed by atoms with van der Waals surface area (Å²) in [7, 11) is 0. The van der Waals surface area contributed by atoms with Gasteiger partial charge >= 0.3 is 0 Å². The van der Waals surface area contributed by atoms with Gasteiger partial charge in [-0.15, -0.1) is 11.3 Å². The topological polar surface area (TPSA) is 12.0 Å². The van der Waals surface area contributed by atoms with Crippen LogP contribution < -0.4 is 5.32 Å². The second kappa shape index (κ2) is 7.21. The van der Waals surface area contributed by atoms with Crippen molar-refractivity contribution in [1.82, 2.24) is 5.32 Å². The van der Waals surface area contributed by atoms with Crippen molar-refractivity contribution in [3.8, 4) is 0 Å². The smallest absolute Gasteiger partial charge is 0.0731 e. The van der Waals surface area contributed by atoms with Crippen LogP contribution in [0.1, 0.15) is 41.0 Å². The standard InChI is InChI=1S/C16H19Br2NS/c1-4-8-19-15(14-9-10(2)16(18)20-14)12-6-5-7-13(17)11(12)3/h5-7,9,15,19H,4,8H2,1-3H3. The highest BCUT2D eigenvalue weighted by Gasteiger charge is 2.19. The molecule has 0 saturated heterocycles. The Morgan fingerprint density at radius 1 is 1.25 bits per heavy atom. The number of nitrogens with one attached hydrogen (secondary N) is 1. The molecule has 108 valence electrons. The molecule has 1 heterocycles. The lowest BCUT2D eigenvalue weighted by Gasteiger charge is -2.20. The van der Waals surface area contributed by atoms with Gasteiger partial charge in [0.1, 0.15) is 0 Å². The summed E-state index contributed by atoms with van der Waals surface area (Å²) < 4.78 is 2.40. The van der Waals surface area contributed by atoms with E-state index in [9.17, 15) is 0 Å². The summed E-state index contributed by atoms with van der Waals surface area (Å²) >= 11 is 9.10. The molecule has 0 bridgehead atoms. The first-order valence-corrected chi connectivity index (χ1v) is 9.19. The third-order valence-electron chi connectivity index (χ3n) is 3.38. The minimum absolute atomic E-state index is 0.266. The van der Waals surface area contributed by atoms with E-state index >= 15 is 0 Å². The molecular weight excluding hydrogens is 398 g/mol. The van der Waals surface area contributed by atoms with Gasteiger partial charge in [0.05, 0.1) is 9.83 Å². The Bertz CT molecular complexity index is 573. The fraction of sp³-hybridized carbons (Fsp3) is 0.375. The Morgan fingerprint density at radius 3 is 2.60 bits per heavy atom. The number of hydrogen-bond acceptors (Lipinski definition) is 2.